The molecule has 1 aromatic carbocycles. The third-order valence-electron chi connectivity index (χ3n) is 4.86. The van der Waals surface area contributed by atoms with Crippen molar-refractivity contribution >= 4 is 16.9 Å². The molecule has 0 saturated carbocycles. The molecule has 0 aliphatic carbocycles. The Balaban J connectivity index is 1.59. The Morgan fingerprint density at radius 2 is 1.81 bits per heavy atom. The minimum absolute atomic E-state index is 0.0736. The van der Waals surface area contributed by atoms with Crippen LogP contribution in [0.15, 0.2) is 67.3 Å². The standard InChI is InChI=1S/C22H15F2N7/c23-15-4-3-14(18(24)10-15)12-31-22-16(2-1-7-27-22)19(30-31)21-28-11-17(20(25)29-21)13-5-8-26-9-6-13/h1-11H,12H2,(H2,25,28,29). The van der Waals surface area contributed by atoms with Gasteiger partial charge in [-0.05, 0) is 35.9 Å². The topological polar surface area (TPSA) is 95.4 Å². The minimum atomic E-state index is -0.650. The van der Waals surface area contributed by atoms with Gasteiger partial charge < -0.3 is 5.73 Å². The van der Waals surface area contributed by atoms with Crippen LogP contribution in [0.2, 0.25) is 0 Å². The van der Waals surface area contributed by atoms with Crippen LogP contribution in [-0.4, -0.2) is 29.7 Å². The third-order valence-corrected chi connectivity index (χ3v) is 4.86. The summed E-state index contributed by atoms with van der Waals surface area (Å²) >= 11 is 0. The maximum absolute atomic E-state index is 14.2. The molecule has 5 aromatic rings. The van der Waals surface area contributed by atoms with E-state index in [1.165, 1.54) is 16.8 Å². The van der Waals surface area contributed by atoms with Crippen LogP contribution in [0, 0.1) is 11.6 Å². The van der Waals surface area contributed by atoms with E-state index in [0.29, 0.717) is 33.9 Å². The molecule has 0 bridgehead atoms. The van der Waals surface area contributed by atoms with E-state index in [1.54, 1.807) is 30.9 Å². The van der Waals surface area contributed by atoms with Gasteiger partial charge in [0.05, 0.1) is 11.9 Å². The average Bonchev–Trinajstić information content (AvgIpc) is 3.15. The number of nitrogens with two attached hydrogens (primary N) is 1. The van der Waals surface area contributed by atoms with Gasteiger partial charge in [-0.1, -0.05) is 6.07 Å². The van der Waals surface area contributed by atoms with Crippen molar-refractivity contribution in [2.45, 2.75) is 6.54 Å². The van der Waals surface area contributed by atoms with E-state index in [4.69, 9.17) is 5.73 Å². The van der Waals surface area contributed by atoms with Gasteiger partial charge in [0.15, 0.2) is 11.5 Å². The van der Waals surface area contributed by atoms with Gasteiger partial charge in [-0.15, -0.1) is 0 Å². The number of hydrogen-bond acceptors (Lipinski definition) is 6. The minimum Gasteiger partial charge on any atom is -0.383 e. The van der Waals surface area contributed by atoms with E-state index in [1.807, 2.05) is 18.2 Å². The first kappa shape index (κ1) is 18.7. The van der Waals surface area contributed by atoms with Gasteiger partial charge in [0.1, 0.15) is 23.1 Å². The van der Waals surface area contributed by atoms with E-state index < -0.39 is 11.6 Å². The van der Waals surface area contributed by atoms with Gasteiger partial charge in [0, 0.05) is 42.0 Å². The monoisotopic (exact) mass is 415 g/mol. The number of nitrogens with zero attached hydrogens (tertiary/aromatic N) is 6. The number of halogens is 2. The van der Waals surface area contributed by atoms with Gasteiger partial charge in [0.25, 0.3) is 0 Å². The Hall–Kier alpha value is -4.27. The smallest absolute Gasteiger partial charge is 0.182 e. The van der Waals surface area contributed by atoms with Gasteiger partial charge in [-0.3, -0.25) is 4.98 Å². The van der Waals surface area contributed by atoms with Crippen LogP contribution in [0.1, 0.15) is 5.56 Å². The molecule has 4 heterocycles. The predicted octanol–water partition coefficient (Wildman–Crippen LogP) is 3.86. The summed E-state index contributed by atoms with van der Waals surface area (Å²) in [4.78, 5) is 17.3. The molecule has 152 valence electrons. The van der Waals surface area contributed by atoms with Gasteiger partial charge in [-0.2, -0.15) is 5.10 Å². The molecule has 9 heteroatoms. The summed E-state index contributed by atoms with van der Waals surface area (Å²) in [5, 5.41) is 5.26. The van der Waals surface area contributed by atoms with E-state index >= 15 is 0 Å². The highest BCUT2D eigenvalue weighted by atomic mass is 19.1. The lowest BCUT2D eigenvalue weighted by Gasteiger charge is -2.06. The van der Waals surface area contributed by atoms with Crippen molar-refractivity contribution in [2.24, 2.45) is 0 Å². The molecule has 0 fully saturated rings. The quantitative estimate of drug-likeness (QED) is 0.479. The Kier molecular flexibility index (Phi) is 4.55. The second-order valence-electron chi connectivity index (χ2n) is 6.84. The van der Waals surface area contributed by atoms with Crippen molar-refractivity contribution in [1.82, 2.24) is 29.7 Å². The summed E-state index contributed by atoms with van der Waals surface area (Å²) in [6.07, 6.45) is 6.58. The number of pyridine rings is 2. The van der Waals surface area contributed by atoms with Gasteiger partial charge >= 0.3 is 0 Å². The van der Waals surface area contributed by atoms with Crippen molar-refractivity contribution in [2.75, 3.05) is 5.73 Å². The molecule has 2 N–H and O–H groups in total. The summed E-state index contributed by atoms with van der Waals surface area (Å²) in [6, 6.07) is 10.7. The molecule has 31 heavy (non-hydrogen) atoms. The average molecular weight is 415 g/mol. The number of benzene rings is 1. The highest BCUT2D eigenvalue weighted by molar-refractivity contribution is 5.89. The van der Waals surface area contributed by atoms with E-state index in [-0.39, 0.29) is 12.1 Å². The number of aromatic nitrogens is 6. The zero-order valence-electron chi connectivity index (χ0n) is 16.1. The van der Waals surface area contributed by atoms with E-state index in [2.05, 4.69) is 25.0 Å². The molecule has 0 spiro atoms. The molecule has 7 nitrogen and oxygen atoms in total. The molecular formula is C22H15F2N7. The Morgan fingerprint density at radius 1 is 0.968 bits per heavy atom. The first-order valence-corrected chi connectivity index (χ1v) is 9.39. The lowest BCUT2D eigenvalue weighted by atomic mass is 10.1. The van der Waals surface area contributed by atoms with Crippen molar-refractivity contribution in [3.05, 3.63) is 84.4 Å². The van der Waals surface area contributed by atoms with Crippen LogP contribution in [-0.2, 0) is 6.54 Å². The molecule has 0 amide bonds. The molecule has 0 aliphatic heterocycles. The predicted molar refractivity (Wildman–Crippen MR) is 112 cm³/mol. The highest BCUT2D eigenvalue weighted by Crippen LogP contribution is 2.29. The molecule has 4 aromatic heterocycles. The Bertz CT molecular complexity index is 1400. The fourth-order valence-electron chi connectivity index (χ4n) is 3.36. The maximum Gasteiger partial charge on any atom is 0.182 e. The van der Waals surface area contributed by atoms with Gasteiger partial charge in [-0.25, -0.2) is 28.4 Å². The van der Waals surface area contributed by atoms with E-state index in [9.17, 15) is 8.78 Å². The van der Waals surface area contributed by atoms with Crippen molar-refractivity contribution < 1.29 is 8.78 Å². The molecule has 0 unspecified atom stereocenters. The Labute approximate surface area is 175 Å². The Morgan fingerprint density at radius 3 is 2.58 bits per heavy atom. The van der Waals surface area contributed by atoms with Crippen LogP contribution in [0.5, 0.6) is 0 Å². The van der Waals surface area contributed by atoms with Gasteiger partial charge in [0.2, 0.25) is 0 Å². The van der Waals surface area contributed by atoms with Crippen molar-refractivity contribution in [3.63, 3.8) is 0 Å². The highest BCUT2D eigenvalue weighted by Gasteiger charge is 2.18. The zero-order chi connectivity index (χ0) is 21.4. The number of anilines is 1. The second kappa shape index (κ2) is 7.52. The zero-order valence-corrected chi connectivity index (χ0v) is 16.1. The van der Waals surface area contributed by atoms with Crippen LogP contribution in [0.4, 0.5) is 14.6 Å². The molecule has 0 atom stereocenters. The first-order valence-electron chi connectivity index (χ1n) is 9.39. The van der Waals surface area contributed by atoms with Crippen LogP contribution < -0.4 is 5.73 Å². The number of hydrogen-bond donors (Lipinski definition) is 1. The normalized spacial score (nSPS) is 11.2. The molecule has 5 rings (SSSR count). The fourth-order valence-corrected chi connectivity index (χ4v) is 3.36. The number of rotatable bonds is 4. The summed E-state index contributed by atoms with van der Waals surface area (Å²) in [6.45, 7) is 0.0736. The first-order chi connectivity index (χ1) is 15.1. The second-order valence-corrected chi connectivity index (χ2v) is 6.84. The molecule has 0 saturated heterocycles. The molecular weight excluding hydrogens is 400 g/mol. The summed E-state index contributed by atoms with van der Waals surface area (Å²) in [5.74, 6) is -0.661. The van der Waals surface area contributed by atoms with Crippen molar-refractivity contribution in [3.8, 4) is 22.6 Å². The van der Waals surface area contributed by atoms with Crippen LogP contribution in [0.25, 0.3) is 33.7 Å². The number of fused-ring (bicyclic) bond motifs is 1. The SMILES string of the molecule is Nc1nc(-c2nn(Cc3ccc(F)cc3F)c3ncccc23)ncc1-c1ccncc1. The number of nitrogen functional groups attached to an aromatic ring is 1. The maximum atomic E-state index is 14.2. The lowest BCUT2D eigenvalue weighted by Crippen LogP contribution is -2.05. The van der Waals surface area contributed by atoms with Crippen LogP contribution in [0.3, 0.4) is 0 Å². The molecule has 0 aliphatic rings. The fraction of sp³-hybridized carbons (Fsp3) is 0.0455. The third kappa shape index (κ3) is 3.46. The van der Waals surface area contributed by atoms with Crippen LogP contribution >= 0.6 is 0 Å². The lowest BCUT2D eigenvalue weighted by molar-refractivity contribution is 0.561. The summed E-state index contributed by atoms with van der Waals surface area (Å²) < 4.78 is 29.0. The summed E-state index contributed by atoms with van der Waals surface area (Å²) in [7, 11) is 0. The molecule has 0 radical (unpaired) electrons. The largest absolute Gasteiger partial charge is 0.383 e. The summed E-state index contributed by atoms with van der Waals surface area (Å²) in [5.41, 5.74) is 9.01. The van der Waals surface area contributed by atoms with E-state index in [0.717, 1.165) is 11.6 Å². The van der Waals surface area contributed by atoms with Crippen molar-refractivity contribution in [1.29, 1.82) is 0 Å².